The fraction of sp³-hybridized carbons (Fsp3) is 0.438. The van der Waals surface area contributed by atoms with Gasteiger partial charge in [0, 0.05) is 25.1 Å². The summed E-state index contributed by atoms with van der Waals surface area (Å²) in [6, 6.07) is 8.23. The third kappa shape index (κ3) is 3.36. The van der Waals surface area contributed by atoms with Crippen LogP contribution in [0.4, 0.5) is 0 Å². The molecule has 0 fully saturated rings. The van der Waals surface area contributed by atoms with Crippen LogP contribution in [0.1, 0.15) is 36.4 Å². The number of aryl methyl sites for hydroxylation is 1. The van der Waals surface area contributed by atoms with Crippen LogP contribution < -0.4 is 14.8 Å². The van der Waals surface area contributed by atoms with Crippen molar-refractivity contribution in [2.75, 3.05) is 13.2 Å². The summed E-state index contributed by atoms with van der Waals surface area (Å²) >= 11 is 0. The van der Waals surface area contributed by atoms with Crippen LogP contribution in [0.15, 0.2) is 28.8 Å². The van der Waals surface area contributed by atoms with Crippen LogP contribution in [-0.2, 0) is 6.54 Å². The van der Waals surface area contributed by atoms with E-state index in [0.717, 1.165) is 29.4 Å². The summed E-state index contributed by atoms with van der Waals surface area (Å²) in [7, 11) is 0. The lowest BCUT2D eigenvalue weighted by Gasteiger charge is -2.15. The Hall–Kier alpha value is -2.01. The van der Waals surface area contributed by atoms with Gasteiger partial charge in [0.15, 0.2) is 11.5 Å². The lowest BCUT2D eigenvalue weighted by Crippen LogP contribution is -2.18. The molecule has 0 radical (unpaired) electrons. The zero-order chi connectivity index (χ0) is 14.7. The third-order valence-corrected chi connectivity index (χ3v) is 3.54. The van der Waals surface area contributed by atoms with E-state index in [0.29, 0.717) is 19.8 Å². The van der Waals surface area contributed by atoms with E-state index in [9.17, 15) is 0 Å². The van der Waals surface area contributed by atoms with Crippen LogP contribution in [0.3, 0.4) is 0 Å². The van der Waals surface area contributed by atoms with Crippen molar-refractivity contribution in [2.45, 2.75) is 32.9 Å². The van der Waals surface area contributed by atoms with E-state index in [1.165, 1.54) is 5.56 Å². The second-order valence-electron chi connectivity index (χ2n) is 5.29. The molecule has 0 aliphatic carbocycles. The predicted octanol–water partition coefficient (Wildman–Crippen LogP) is 3.00. The molecule has 0 saturated carbocycles. The molecule has 5 nitrogen and oxygen atoms in total. The topological polar surface area (TPSA) is 56.5 Å². The fourth-order valence-corrected chi connectivity index (χ4v) is 2.33. The Kier molecular flexibility index (Phi) is 4.10. The van der Waals surface area contributed by atoms with Crippen LogP contribution >= 0.6 is 0 Å². The van der Waals surface area contributed by atoms with Gasteiger partial charge in [-0.1, -0.05) is 11.2 Å². The molecule has 0 saturated heterocycles. The lowest BCUT2D eigenvalue weighted by molar-refractivity contribution is 0.297. The van der Waals surface area contributed by atoms with E-state index < -0.39 is 0 Å². The van der Waals surface area contributed by atoms with Gasteiger partial charge >= 0.3 is 0 Å². The normalized spacial score (nSPS) is 15.5. The first-order chi connectivity index (χ1) is 10.2. The largest absolute Gasteiger partial charge is 0.490 e. The average Bonchev–Trinajstić information content (AvgIpc) is 2.77. The summed E-state index contributed by atoms with van der Waals surface area (Å²) in [5.74, 6) is 2.49. The van der Waals surface area contributed by atoms with Crippen molar-refractivity contribution in [3.63, 3.8) is 0 Å². The Morgan fingerprint density at radius 3 is 2.76 bits per heavy atom. The van der Waals surface area contributed by atoms with Gasteiger partial charge in [0.1, 0.15) is 5.76 Å². The van der Waals surface area contributed by atoms with Gasteiger partial charge in [0.2, 0.25) is 0 Å². The number of ether oxygens (including phenoxy) is 2. The molecule has 1 N–H and O–H groups in total. The SMILES string of the molecule is Cc1cc(CNC(C)c2ccc3c(c2)OCCCO3)no1. The number of benzene rings is 1. The van der Waals surface area contributed by atoms with Gasteiger partial charge in [0.05, 0.1) is 18.9 Å². The second-order valence-corrected chi connectivity index (χ2v) is 5.29. The highest BCUT2D eigenvalue weighted by Gasteiger charge is 2.13. The zero-order valence-corrected chi connectivity index (χ0v) is 12.4. The van der Waals surface area contributed by atoms with E-state index in [4.69, 9.17) is 14.0 Å². The maximum absolute atomic E-state index is 5.73. The molecule has 5 heteroatoms. The van der Waals surface area contributed by atoms with Crippen molar-refractivity contribution in [3.05, 3.63) is 41.3 Å². The van der Waals surface area contributed by atoms with E-state index in [1.54, 1.807) is 0 Å². The van der Waals surface area contributed by atoms with Crippen molar-refractivity contribution in [2.24, 2.45) is 0 Å². The minimum absolute atomic E-state index is 0.194. The molecule has 1 aliphatic heterocycles. The standard InChI is InChI=1S/C16H20N2O3/c1-11-8-14(18-21-11)10-17-12(2)13-4-5-15-16(9-13)20-7-3-6-19-15/h4-5,8-9,12,17H,3,6-7,10H2,1-2H3. The van der Waals surface area contributed by atoms with Gasteiger partial charge in [-0.2, -0.15) is 0 Å². The summed E-state index contributed by atoms with van der Waals surface area (Å²) in [5.41, 5.74) is 2.08. The maximum atomic E-state index is 5.73. The molecule has 1 aromatic carbocycles. The summed E-state index contributed by atoms with van der Waals surface area (Å²) in [4.78, 5) is 0. The summed E-state index contributed by atoms with van der Waals surface area (Å²) < 4.78 is 16.4. The van der Waals surface area contributed by atoms with Crippen molar-refractivity contribution in [1.82, 2.24) is 10.5 Å². The highest BCUT2D eigenvalue weighted by molar-refractivity contribution is 5.44. The molecule has 1 atom stereocenters. The monoisotopic (exact) mass is 288 g/mol. The van der Waals surface area contributed by atoms with Crippen molar-refractivity contribution in [1.29, 1.82) is 0 Å². The lowest BCUT2D eigenvalue weighted by atomic mass is 10.1. The Balaban J connectivity index is 1.66. The Bertz CT molecular complexity index is 609. The Morgan fingerprint density at radius 2 is 2.00 bits per heavy atom. The quantitative estimate of drug-likeness (QED) is 0.937. The van der Waals surface area contributed by atoms with Gasteiger partial charge in [-0.25, -0.2) is 0 Å². The summed E-state index contributed by atoms with van der Waals surface area (Å²) in [6.45, 7) is 6.10. The smallest absolute Gasteiger partial charge is 0.161 e. The molecule has 3 rings (SSSR count). The Labute approximate surface area is 124 Å². The van der Waals surface area contributed by atoms with Crippen LogP contribution in [0.25, 0.3) is 0 Å². The molecule has 2 aromatic rings. The average molecular weight is 288 g/mol. The van der Waals surface area contributed by atoms with Gasteiger partial charge in [-0.05, 0) is 31.5 Å². The van der Waals surface area contributed by atoms with Crippen molar-refractivity contribution < 1.29 is 14.0 Å². The molecule has 0 amide bonds. The predicted molar refractivity (Wildman–Crippen MR) is 78.5 cm³/mol. The van der Waals surface area contributed by atoms with Crippen LogP contribution in [0.2, 0.25) is 0 Å². The second kappa shape index (κ2) is 6.18. The molecule has 0 spiro atoms. The van der Waals surface area contributed by atoms with Crippen molar-refractivity contribution >= 4 is 0 Å². The van der Waals surface area contributed by atoms with Crippen molar-refractivity contribution in [3.8, 4) is 11.5 Å². The van der Waals surface area contributed by atoms with Crippen LogP contribution in [0.5, 0.6) is 11.5 Å². The first kappa shape index (κ1) is 13.9. The van der Waals surface area contributed by atoms with Gasteiger partial charge in [0.25, 0.3) is 0 Å². The number of nitrogens with one attached hydrogen (secondary N) is 1. The first-order valence-electron chi connectivity index (χ1n) is 7.27. The molecule has 0 bridgehead atoms. The molecule has 21 heavy (non-hydrogen) atoms. The number of fused-ring (bicyclic) bond motifs is 1. The number of aromatic nitrogens is 1. The van der Waals surface area contributed by atoms with Gasteiger partial charge < -0.3 is 19.3 Å². The summed E-state index contributed by atoms with van der Waals surface area (Å²) in [6.07, 6.45) is 0.920. The minimum atomic E-state index is 0.194. The maximum Gasteiger partial charge on any atom is 0.161 e. The molecule has 2 heterocycles. The Morgan fingerprint density at radius 1 is 1.19 bits per heavy atom. The molecular formula is C16H20N2O3. The molecule has 1 aliphatic rings. The van der Waals surface area contributed by atoms with Gasteiger partial charge in [-0.3, -0.25) is 0 Å². The number of nitrogens with zero attached hydrogens (tertiary/aromatic N) is 1. The summed E-state index contributed by atoms with van der Waals surface area (Å²) in [5, 5.41) is 7.41. The van der Waals surface area contributed by atoms with E-state index in [1.807, 2.05) is 25.1 Å². The molecular weight excluding hydrogens is 268 g/mol. The highest BCUT2D eigenvalue weighted by atomic mass is 16.5. The first-order valence-corrected chi connectivity index (χ1v) is 7.27. The number of hydrogen-bond acceptors (Lipinski definition) is 5. The molecule has 1 unspecified atom stereocenters. The highest BCUT2D eigenvalue weighted by Crippen LogP contribution is 2.32. The zero-order valence-electron chi connectivity index (χ0n) is 12.4. The molecule has 1 aromatic heterocycles. The third-order valence-electron chi connectivity index (χ3n) is 3.54. The minimum Gasteiger partial charge on any atom is -0.490 e. The van der Waals surface area contributed by atoms with E-state index in [-0.39, 0.29) is 6.04 Å². The van der Waals surface area contributed by atoms with Crippen LogP contribution in [-0.4, -0.2) is 18.4 Å². The fourth-order valence-electron chi connectivity index (χ4n) is 2.33. The van der Waals surface area contributed by atoms with E-state index >= 15 is 0 Å². The number of rotatable bonds is 4. The molecule has 112 valence electrons. The number of hydrogen-bond donors (Lipinski definition) is 1. The van der Waals surface area contributed by atoms with Gasteiger partial charge in [-0.15, -0.1) is 0 Å². The van der Waals surface area contributed by atoms with E-state index in [2.05, 4.69) is 23.5 Å². The van der Waals surface area contributed by atoms with Crippen LogP contribution in [0, 0.1) is 6.92 Å².